The molecule has 1 amide bonds. The van der Waals surface area contributed by atoms with E-state index in [2.05, 4.69) is 66.1 Å². The molecule has 1 aromatic carbocycles. The molecule has 136 valence electrons. The normalized spacial score (nSPS) is 16.3. The van der Waals surface area contributed by atoms with Crippen LogP contribution in [-0.2, 0) is 18.3 Å². The zero-order valence-corrected chi connectivity index (χ0v) is 15.8. The third kappa shape index (κ3) is 4.24. The number of benzene rings is 1. The maximum Gasteiger partial charge on any atom is 0.220 e. The zero-order valence-electron chi connectivity index (χ0n) is 15.8. The van der Waals surface area contributed by atoms with Crippen molar-refractivity contribution in [3.8, 4) is 0 Å². The van der Waals surface area contributed by atoms with Crippen LogP contribution >= 0.6 is 0 Å². The first-order valence-electron chi connectivity index (χ1n) is 9.52. The van der Waals surface area contributed by atoms with Gasteiger partial charge in [-0.2, -0.15) is 0 Å². The van der Waals surface area contributed by atoms with Gasteiger partial charge in [0.25, 0.3) is 0 Å². The van der Waals surface area contributed by atoms with Gasteiger partial charge in [0.15, 0.2) is 0 Å². The summed E-state index contributed by atoms with van der Waals surface area (Å²) in [6.07, 6.45) is 7.37. The van der Waals surface area contributed by atoms with Crippen molar-refractivity contribution in [3.63, 3.8) is 0 Å². The SMILES string of the molecule is Cn1cc(CCC(=O)NCC(C)(C)N2CCCCC2)c2ccccc21. The lowest BCUT2D eigenvalue weighted by atomic mass is 9.98. The fraction of sp³-hybridized carbons (Fsp3) is 0.571. The molecule has 0 unspecified atom stereocenters. The molecule has 0 bridgehead atoms. The summed E-state index contributed by atoms with van der Waals surface area (Å²) in [6, 6.07) is 8.39. The van der Waals surface area contributed by atoms with Crippen LogP contribution in [0.3, 0.4) is 0 Å². The highest BCUT2D eigenvalue weighted by molar-refractivity contribution is 5.84. The van der Waals surface area contributed by atoms with Gasteiger partial charge in [-0.3, -0.25) is 9.69 Å². The lowest BCUT2D eigenvalue weighted by molar-refractivity contribution is -0.121. The summed E-state index contributed by atoms with van der Waals surface area (Å²) in [5, 5.41) is 4.41. The summed E-state index contributed by atoms with van der Waals surface area (Å²) >= 11 is 0. The number of hydrogen-bond acceptors (Lipinski definition) is 2. The number of fused-ring (bicyclic) bond motifs is 1. The van der Waals surface area contributed by atoms with Gasteiger partial charge in [-0.25, -0.2) is 0 Å². The molecule has 1 aliphatic rings. The first-order valence-corrected chi connectivity index (χ1v) is 9.52. The summed E-state index contributed by atoms with van der Waals surface area (Å²) in [6.45, 7) is 7.51. The van der Waals surface area contributed by atoms with E-state index in [0.29, 0.717) is 6.42 Å². The molecule has 0 radical (unpaired) electrons. The lowest BCUT2D eigenvalue weighted by Crippen LogP contribution is -2.53. The Morgan fingerprint density at radius 2 is 1.88 bits per heavy atom. The van der Waals surface area contributed by atoms with Gasteiger partial charge in [0.1, 0.15) is 0 Å². The van der Waals surface area contributed by atoms with Crippen molar-refractivity contribution in [1.82, 2.24) is 14.8 Å². The van der Waals surface area contributed by atoms with E-state index in [0.717, 1.165) is 26.1 Å². The van der Waals surface area contributed by atoms with Crippen LogP contribution in [-0.4, -0.2) is 40.5 Å². The van der Waals surface area contributed by atoms with Gasteiger partial charge >= 0.3 is 0 Å². The number of carbonyl (C=O) groups is 1. The minimum absolute atomic E-state index is 0.0372. The molecule has 0 spiro atoms. The molecule has 25 heavy (non-hydrogen) atoms. The number of para-hydroxylation sites is 1. The van der Waals surface area contributed by atoms with Gasteiger partial charge in [-0.05, 0) is 57.8 Å². The van der Waals surface area contributed by atoms with Crippen molar-refractivity contribution in [2.75, 3.05) is 19.6 Å². The molecule has 2 heterocycles. The summed E-state index contributed by atoms with van der Waals surface area (Å²) in [5.41, 5.74) is 2.52. The first-order chi connectivity index (χ1) is 12.0. The second-order valence-corrected chi connectivity index (χ2v) is 7.92. The summed E-state index contributed by atoms with van der Waals surface area (Å²) in [7, 11) is 2.06. The molecule has 0 atom stereocenters. The van der Waals surface area contributed by atoms with Crippen LogP contribution in [0.4, 0.5) is 0 Å². The highest BCUT2D eigenvalue weighted by Gasteiger charge is 2.28. The Hall–Kier alpha value is -1.81. The standard InChI is InChI=1S/C21H31N3O/c1-21(2,24-13-7-4-8-14-24)16-22-20(25)12-11-17-15-23(3)19-10-6-5-9-18(17)19/h5-6,9-10,15H,4,7-8,11-14,16H2,1-3H3,(H,22,25). The maximum atomic E-state index is 12.4. The number of amides is 1. The van der Waals surface area contributed by atoms with Crippen molar-refractivity contribution >= 4 is 16.8 Å². The van der Waals surface area contributed by atoms with Gasteiger partial charge in [0.2, 0.25) is 5.91 Å². The van der Waals surface area contributed by atoms with Crippen molar-refractivity contribution in [1.29, 1.82) is 0 Å². The second-order valence-electron chi connectivity index (χ2n) is 7.92. The van der Waals surface area contributed by atoms with E-state index in [4.69, 9.17) is 0 Å². The molecular weight excluding hydrogens is 310 g/mol. The van der Waals surface area contributed by atoms with Crippen LogP contribution < -0.4 is 5.32 Å². The molecule has 0 saturated carbocycles. The number of aryl methyl sites for hydroxylation is 2. The average Bonchev–Trinajstić information content (AvgIpc) is 2.95. The summed E-state index contributed by atoms with van der Waals surface area (Å²) in [5.74, 6) is 0.151. The molecular formula is C21H31N3O. The fourth-order valence-corrected chi connectivity index (χ4v) is 3.89. The Bertz CT molecular complexity index is 726. The van der Waals surface area contributed by atoms with Gasteiger partial charge in [0.05, 0.1) is 0 Å². The fourth-order valence-electron chi connectivity index (χ4n) is 3.89. The number of nitrogens with zero attached hydrogens (tertiary/aromatic N) is 2. The number of rotatable bonds is 6. The highest BCUT2D eigenvalue weighted by atomic mass is 16.1. The second kappa shape index (κ2) is 7.61. The van der Waals surface area contributed by atoms with Gasteiger partial charge < -0.3 is 9.88 Å². The molecule has 1 aromatic heterocycles. The Morgan fingerprint density at radius 1 is 1.16 bits per heavy atom. The van der Waals surface area contributed by atoms with Crippen molar-refractivity contribution in [2.24, 2.45) is 7.05 Å². The average molecular weight is 341 g/mol. The molecule has 0 aliphatic carbocycles. The van der Waals surface area contributed by atoms with Crippen LogP contribution in [0.2, 0.25) is 0 Å². The van der Waals surface area contributed by atoms with E-state index in [-0.39, 0.29) is 11.4 Å². The summed E-state index contributed by atoms with van der Waals surface area (Å²) in [4.78, 5) is 14.9. The zero-order chi connectivity index (χ0) is 17.9. The van der Waals surface area contributed by atoms with Crippen molar-refractivity contribution < 1.29 is 4.79 Å². The molecule has 4 heteroatoms. The lowest BCUT2D eigenvalue weighted by Gasteiger charge is -2.41. The number of hydrogen-bond donors (Lipinski definition) is 1. The van der Waals surface area contributed by atoms with Gasteiger partial charge in [-0.1, -0.05) is 24.6 Å². The highest BCUT2D eigenvalue weighted by Crippen LogP contribution is 2.22. The number of carbonyl (C=O) groups excluding carboxylic acids is 1. The molecule has 3 rings (SSSR count). The van der Waals surface area contributed by atoms with Crippen LogP contribution in [0.5, 0.6) is 0 Å². The Kier molecular flexibility index (Phi) is 5.48. The van der Waals surface area contributed by atoms with Crippen LogP contribution in [0.25, 0.3) is 10.9 Å². The third-order valence-corrected chi connectivity index (χ3v) is 5.53. The Balaban J connectivity index is 1.52. The van der Waals surface area contributed by atoms with E-state index in [1.807, 2.05) is 0 Å². The Morgan fingerprint density at radius 3 is 2.64 bits per heavy atom. The minimum Gasteiger partial charge on any atom is -0.354 e. The first kappa shape index (κ1) is 18.0. The van der Waals surface area contributed by atoms with Crippen molar-refractivity contribution in [2.45, 2.75) is 51.5 Å². The van der Waals surface area contributed by atoms with E-state index < -0.39 is 0 Å². The number of piperidine rings is 1. The minimum atomic E-state index is 0.0372. The van der Waals surface area contributed by atoms with E-state index in [9.17, 15) is 4.79 Å². The number of nitrogens with one attached hydrogen (secondary N) is 1. The van der Waals surface area contributed by atoms with Crippen LogP contribution in [0.1, 0.15) is 45.1 Å². The quantitative estimate of drug-likeness (QED) is 0.873. The molecule has 1 fully saturated rings. The van der Waals surface area contributed by atoms with E-state index >= 15 is 0 Å². The Labute approximate surface area is 151 Å². The molecule has 1 N–H and O–H groups in total. The number of likely N-dealkylation sites (tertiary alicyclic amines) is 1. The predicted molar refractivity (Wildman–Crippen MR) is 104 cm³/mol. The van der Waals surface area contributed by atoms with Gasteiger partial charge in [-0.15, -0.1) is 0 Å². The molecule has 2 aromatic rings. The number of aromatic nitrogens is 1. The topological polar surface area (TPSA) is 37.3 Å². The van der Waals surface area contributed by atoms with E-state index in [1.54, 1.807) is 0 Å². The van der Waals surface area contributed by atoms with Crippen LogP contribution in [0, 0.1) is 0 Å². The third-order valence-electron chi connectivity index (χ3n) is 5.53. The van der Waals surface area contributed by atoms with Gasteiger partial charge in [0, 0.05) is 42.7 Å². The molecule has 4 nitrogen and oxygen atoms in total. The van der Waals surface area contributed by atoms with Crippen molar-refractivity contribution in [3.05, 3.63) is 36.0 Å². The summed E-state index contributed by atoms with van der Waals surface area (Å²) < 4.78 is 2.14. The monoisotopic (exact) mass is 341 g/mol. The smallest absolute Gasteiger partial charge is 0.220 e. The largest absolute Gasteiger partial charge is 0.354 e. The molecule has 1 aliphatic heterocycles. The predicted octanol–water partition coefficient (Wildman–Crippen LogP) is 3.49. The van der Waals surface area contributed by atoms with Crippen LogP contribution in [0.15, 0.2) is 30.5 Å². The maximum absolute atomic E-state index is 12.4. The molecule has 1 saturated heterocycles. The van der Waals surface area contributed by atoms with E-state index in [1.165, 1.54) is 35.7 Å².